The Morgan fingerprint density at radius 3 is 2.03 bits per heavy atom. The van der Waals surface area contributed by atoms with Crippen LogP contribution in [0.4, 0.5) is 26.3 Å². The number of nitrogens with one attached hydrogen (secondary N) is 1. The fourth-order valence-corrected chi connectivity index (χ4v) is 4.39. The number of aryl methyl sites for hydroxylation is 2. The molecule has 0 bridgehead atoms. The Bertz CT molecular complexity index is 1490. The topological polar surface area (TPSA) is 88.8 Å². The van der Waals surface area contributed by atoms with E-state index >= 15 is 0 Å². The average molecular weight is 513 g/mol. The molecule has 3 N–H and O–H groups in total. The highest BCUT2D eigenvalue weighted by molar-refractivity contribution is 7.89. The third kappa shape index (κ3) is 5.49. The molecule has 0 spiro atoms. The molecule has 0 unspecified atom stereocenters. The first-order chi connectivity index (χ1) is 16.2. The van der Waals surface area contributed by atoms with Gasteiger partial charge in [-0.25, -0.2) is 18.5 Å². The number of primary sulfonamides is 1. The van der Waals surface area contributed by atoms with E-state index in [1.165, 1.54) is 24.3 Å². The number of aromatic nitrogens is 2. The molecule has 0 fully saturated rings. The molecule has 184 valence electrons. The van der Waals surface area contributed by atoms with Crippen molar-refractivity contribution in [2.24, 2.45) is 5.14 Å². The van der Waals surface area contributed by atoms with E-state index in [9.17, 15) is 34.8 Å². The normalized spacial score (nSPS) is 12.9. The van der Waals surface area contributed by atoms with E-state index in [2.05, 4.69) is 9.97 Å². The van der Waals surface area contributed by atoms with Gasteiger partial charge in [-0.3, -0.25) is 0 Å². The summed E-state index contributed by atoms with van der Waals surface area (Å²) in [5.74, 6) is 0.507. The molecule has 12 heteroatoms. The van der Waals surface area contributed by atoms with Gasteiger partial charge in [-0.15, -0.1) is 0 Å². The van der Waals surface area contributed by atoms with Crippen LogP contribution in [0.15, 0.2) is 65.6 Å². The van der Waals surface area contributed by atoms with Gasteiger partial charge < -0.3 is 4.98 Å². The zero-order valence-corrected chi connectivity index (χ0v) is 18.5. The third-order valence-corrected chi connectivity index (χ3v) is 6.36. The lowest BCUT2D eigenvalue weighted by molar-refractivity contribution is -0.138. The molecular weight excluding hydrogens is 496 g/mol. The zero-order valence-electron chi connectivity index (χ0n) is 17.7. The number of nitrogens with zero attached hydrogens (tertiary/aromatic N) is 1. The summed E-state index contributed by atoms with van der Waals surface area (Å²) in [4.78, 5) is 6.99. The monoisotopic (exact) mass is 513 g/mol. The molecule has 3 aromatic carbocycles. The predicted molar refractivity (Wildman–Crippen MR) is 117 cm³/mol. The molecule has 5 nitrogen and oxygen atoms in total. The van der Waals surface area contributed by atoms with Gasteiger partial charge in [0.25, 0.3) is 0 Å². The van der Waals surface area contributed by atoms with Crippen molar-refractivity contribution in [3.63, 3.8) is 0 Å². The molecule has 0 aliphatic heterocycles. The van der Waals surface area contributed by atoms with Gasteiger partial charge in [0.1, 0.15) is 5.82 Å². The number of rotatable bonds is 5. The Morgan fingerprint density at radius 1 is 0.800 bits per heavy atom. The second-order valence-electron chi connectivity index (χ2n) is 7.86. The summed E-state index contributed by atoms with van der Waals surface area (Å²) < 4.78 is 102. The first-order valence-corrected chi connectivity index (χ1v) is 11.7. The number of sulfonamides is 1. The number of imidazole rings is 1. The van der Waals surface area contributed by atoms with Crippen LogP contribution < -0.4 is 5.14 Å². The lowest BCUT2D eigenvalue weighted by Crippen LogP contribution is -2.15. The van der Waals surface area contributed by atoms with Crippen molar-refractivity contribution >= 4 is 21.1 Å². The molecule has 1 aromatic heterocycles. The van der Waals surface area contributed by atoms with E-state index in [1.54, 1.807) is 6.07 Å². The highest BCUT2D eigenvalue weighted by atomic mass is 32.2. The number of nitrogens with two attached hydrogens (primary N) is 1. The van der Waals surface area contributed by atoms with Crippen molar-refractivity contribution in [2.45, 2.75) is 30.1 Å². The van der Waals surface area contributed by atoms with Gasteiger partial charge in [-0.1, -0.05) is 18.2 Å². The maximum Gasteiger partial charge on any atom is 0.416 e. The third-order valence-electron chi connectivity index (χ3n) is 5.39. The van der Waals surface area contributed by atoms with Crippen LogP contribution in [0.2, 0.25) is 0 Å². The number of hydrogen-bond donors (Lipinski definition) is 2. The Labute approximate surface area is 195 Å². The average Bonchev–Trinajstić information content (AvgIpc) is 3.18. The summed E-state index contributed by atoms with van der Waals surface area (Å²) in [7, 11) is -4.31. The largest absolute Gasteiger partial charge is 0.416 e. The second kappa shape index (κ2) is 8.68. The molecule has 0 amide bonds. The van der Waals surface area contributed by atoms with E-state index < -0.39 is 38.4 Å². The minimum atomic E-state index is -4.69. The number of hydrogen-bond acceptors (Lipinski definition) is 3. The van der Waals surface area contributed by atoms with Gasteiger partial charge in [-0.2, -0.15) is 26.3 Å². The molecule has 1 heterocycles. The van der Waals surface area contributed by atoms with Gasteiger partial charge in [-0.05, 0) is 60.0 Å². The van der Waals surface area contributed by atoms with Crippen LogP contribution in [-0.2, 0) is 35.2 Å². The minimum absolute atomic E-state index is 0.174. The van der Waals surface area contributed by atoms with Gasteiger partial charge in [0.15, 0.2) is 0 Å². The van der Waals surface area contributed by atoms with Gasteiger partial charge in [0, 0.05) is 12.0 Å². The SMILES string of the molecule is NS(=O)(=O)c1ccc(C(F)(F)F)cc1-c1ccc2[nH]c(CCc3ccc(C(F)(F)F)cc3)nc2c1. The predicted octanol–water partition coefficient (Wildman–Crippen LogP) is 5.70. The molecule has 35 heavy (non-hydrogen) atoms. The van der Waals surface area contributed by atoms with E-state index in [0.29, 0.717) is 41.3 Å². The van der Waals surface area contributed by atoms with Crippen molar-refractivity contribution in [1.29, 1.82) is 0 Å². The van der Waals surface area contributed by atoms with E-state index in [-0.39, 0.29) is 11.1 Å². The summed E-state index contributed by atoms with van der Waals surface area (Å²) in [5, 5.41) is 5.21. The molecule has 0 saturated carbocycles. The molecule has 4 rings (SSSR count). The van der Waals surface area contributed by atoms with Crippen molar-refractivity contribution in [2.75, 3.05) is 0 Å². The highest BCUT2D eigenvalue weighted by Gasteiger charge is 2.32. The van der Waals surface area contributed by atoms with E-state index in [1.807, 2.05) is 0 Å². The number of aromatic amines is 1. The molecular formula is C23H17F6N3O2S. The standard InChI is InChI=1S/C23H17F6N3O2S/c24-22(25,26)15-5-1-13(2-6-15)3-10-21-31-18-8-4-14(11-19(18)32-21)17-12-16(23(27,28)29)7-9-20(17)35(30,33)34/h1-2,4-9,11-12H,3,10H2,(H,31,32)(H2,30,33,34). The van der Waals surface area contributed by atoms with Crippen LogP contribution in [0.5, 0.6) is 0 Å². The van der Waals surface area contributed by atoms with Crippen molar-refractivity contribution in [1.82, 2.24) is 9.97 Å². The van der Waals surface area contributed by atoms with Crippen molar-refractivity contribution in [3.05, 3.63) is 83.2 Å². The number of fused-ring (bicyclic) bond motifs is 1. The molecule has 0 aliphatic rings. The Kier molecular flexibility index (Phi) is 6.14. The van der Waals surface area contributed by atoms with Gasteiger partial charge in [0.2, 0.25) is 10.0 Å². The molecule has 0 saturated heterocycles. The molecule has 0 aliphatic carbocycles. The second-order valence-corrected chi connectivity index (χ2v) is 9.39. The Morgan fingerprint density at radius 2 is 1.43 bits per heavy atom. The molecule has 0 radical (unpaired) electrons. The number of halogens is 6. The van der Waals surface area contributed by atoms with Crippen molar-refractivity contribution < 1.29 is 34.8 Å². The molecule has 4 aromatic rings. The van der Waals surface area contributed by atoms with Crippen LogP contribution in [0, 0.1) is 0 Å². The fraction of sp³-hybridized carbons (Fsp3) is 0.174. The number of H-pyrrole nitrogens is 1. The first-order valence-electron chi connectivity index (χ1n) is 10.1. The summed E-state index contributed by atoms with van der Waals surface area (Å²) >= 11 is 0. The molecule has 0 atom stereocenters. The summed E-state index contributed by atoms with van der Waals surface area (Å²) in [5.41, 5.74) is -0.207. The van der Waals surface area contributed by atoms with Gasteiger partial charge >= 0.3 is 12.4 Å². The van der Waals surface area contributed by atoms with E-state index in [4.69, 9.17) is 5.14 Å². The van der Waals surface area contributed by atoms with Gasteiger partial charge in [0.05, 0.1) is 27.1 Å². The smallest absolute Gasteiger partial charge is 0.342 e. The lowest BCUT2D eigenvalue weighted by atomic mass is 10.0. The van der Waals surface area contributed by atoms with Crippen LogP contribution in [0.1, 0.15) is 22.5 Å². The van der Waals surface area contributed by atoms with Crippen LogP contribution in [-0.4, -0.2) is 18.4 Å². The summed E-state index contributed by atoms with van der Waals surface area (Å²) in [6.45, 7) is 0. The first kappa shape index (κ1) is 24.7. The Balaban J connectivity index is 1.63. The van der Waals surface area contributed by atoms with Crippen LogP contribution >= 0.6 is 0 Å². The van der Waals surface area contributed by atoms with Crippen LogP contribution in [0.25, 0.3) is 22.2 Å². The summed E-state index contributed by atoms with van der Waals surface area (Å²) in [6.07, 6.45) is -8.35. The van der Waals surface area contributed by atoms with E-state index in [0.717, 1.165) is 24.3 Å². The minimum Gasteiger partial charge on any atom is -0.342 e. The van der Waals surface area contributed by atoms with Crippen molar-refractivity contribution in [3.8, 4) is 11.1 Å². The number of alkyl halides is 6. The number of benzene rings is 3. The summed E-state index contributed by atoms with van der Waals surface area (Å²) in [6, 6.07) is 11.4. The fourth-order valence-electron chi connectivity index (χ4n) is 3.65. The highest BCUT2D eigenvalue weighted by Crippen LogP contribution is 2.36. The quantitative estimate of drug-likeness (QED) is 0.336. The maximum atomic E-state index is 13.2. The van der Waals surface area contributed by atoms with Crippen LogP contribution in [0.3, 0.4) is 0 Å². The lowest BCUT2D eigenvalue weighted by Gasteiger charge is -2.13. The Hall–Kier alpha value is -3.38. The zero-order chi connectivity index (χ0) is 25.6. The maximum absolute atomic E-state index is 13.2.